The molecule has 2 aromatic rings. The van der Waals surface area contributed by atoms with Crippen LogP contribution in [0.1, 0.15) is 29.8 Å². The van der Waals surface area contributed by atoms with Crippen LogP contribution in [0.25, 0.3) is 0 Å². The molecule has 2 amide bonds. The molecule has 0 radical (unpaired) electrons. The number of hydrogen-bond acceptors (Lipinski definition) is 4. The summed E-state index contributed by atoms with van der Waals surface area (Å²) in [5, 5.41) is 15.7. The van der Waals surface area contributed by atoms with E-state index in [1.54, 1.807) is 26.0 Å². The van der Waals surface area contributed by atoms with Gasteiger partial charge in [-0.25, -0.2) is 9.82 Å². The van der Waals surface area contributed by atoms with Crippen molar-refractivity contribution in [3.8, 4) is 5.75 Å². The maximum Gasteiger partial charge on any atom is 0.262 e. The van der Waals surface area contributed by atoms with Crippen molar-refractivity contribution in [1.82, 2.24) is 10.7 Å². The van der Waals surface area contributed by atoms with E-state index in [1.807, 2.05) is 0 Å². The van der Waals surface area contributed by atoms with Crippen molar-refractivity contribution in [2.45, 2.75) is 19.9 Å². The summed E-state index contributed by atoms with van der Waals surface area (Å²) in [6.45, 7) is 3.58. The van der Waals surface area contributed by atoms with E-state index in [9.17, 15) is 19.1 Å². The molecule has 7 heteroatoms. The normalized spacial score (nSPS) is 12.2. The second-order valence-electron chi connectivity index (χ2n) is 6.03. The third-order valence-electron chi connectivity index (χ3n) is 3.62. The summed E-state index contributed by atoms with van der Waals surface area (Å²) >= 11 is 0. The molecule has 26 heavy (non-hydrogen) atoms. The first-order chi connectivity index (χ1) is 12.4. The fourth-order valence-corrected chi connectivity index (χ4v) is 2.16. The molecule has 2 aromatic carbocycles. The largest absolute Gasteiger partial charge is 0.508 e. The third-order valence-corrected chi connectivity index (χ3v) is 3.62. The van der Waals surface area contributed by atoms with E-state index in [2.05, 4.69) is 15.8 Å². The number of rotatable bonds is 6. The minimum Gasteiger partial charge on any atom is -0.508 e. The summed E-state index contributed by atoms with van der Waals surface area (Å²) in [6, 6.07) is 10.5. The van der Waals surface area contributed by atoms with E-state index in [1.165, 1.54) is 42.6 Å². The molecule has 0 spiro atoms. The van der Waals surface area contributed by atoms with E-state index >= 15 is 0 Å². The molecular formula is C19H20FN3O3. The molecular weight excluding hydrogens is 337 g/mol. The van der Waals surface area contributed by atoms with E-state index in [4.69, 9.17) is 0 Å². The van der Waals surface area contributed by atoms with Gasteiger partial charge in [-0.1, -0.05) is 13.8 Å². The molecule has 0 saturated heterocycles. The van der Waals surface area contributed by atoms with Crippen LogP contribution in [0.2, 0.25) is 0 Å². The molecule has 0 bridgehead atoms. The Labute approximate surface area is 150 Å². The molecule has 6 nitrogen and oxygen atoms in total. The van der Waals surface area contributed by atoms with Gasteiger partial charge < -0.3 is 10.4 Å². The molecule has 136 valence electrons. The number of carbonyl (C=O) groups is 2. The summed E-state index contributed by atoms with van der Waals surface area (Å²) in [7, 11) is 0. The van der Waals surface area contributed by atoms with Gasteiger partial charge in [0.1, 0.15) is 17.6 Å². The van der Waals surface area contributed by atoms with Crippen LogP contribution in [0.15, 0.2) is 53.6 Å². The summed E-state index contributed by atoms with van der Waals surface area (Å²) in [5.74, 6) is -1.42. The number of aromatic hydroxyl groups is 1. The molecule has 1 unspecified atom stereocenters. The Hall–Kier alpha value is -3.22. The Morgan fingerprint density at radius 3 is 2.27 bits per heavy atom. The quantitative estimate of drug-likeness (QED) is 0.548. The first-order valence-corrected chi connectivity index (χ1v) is 8.05. The van der Waals surface area contributed by atoms with Gasteiger partial charge in [0.2, 0.25) is 0 Å². The predicted molar refractivity (Wildman–Crippen MR) is 96.3 cm³/mol. The van der Waals surface area contributed by atoms with Gasteiger partial charge in [-0.2, -0.15) is 5.10 Å². The van der Waals surface area contributed by atoms with Gasteiger partial charge in [0.15, 0.2) is 0 Å². The highest BCUT2D eigenvalue weighted by molar-refractivity contribution is 5.97. The van der Waals surface area contributed by atoms with Gasteiger partial charge in [-0.05, 0) is 60.0 Å². The number of nitrogens with zero attached hydrogens (tertiary/aromatic N) is 1. The second kappa shape index (κ2) is 8.75. The van der Waals surface area contributed by atoms with Crippen molar-refractivity contribution in [3.63, 3.8) is 0 Å². The number of amides is 2. The lowest BCUT2D eigenvalue weighted by Crippen LogP contribution is -2.48. The zero-order chi connectivity index (χ0) is 19.1. The topological polar surface area (TPSA) is 90.8 Å². The second-order valence-corrected chi connectivity index (χ2v) is 6.03. The highest BCUT2D eigenvalue weighted by atomic mass is 19.1. The van der Waals surface area contributed by atoms with Crippen LogP contribution in [0.5, 0.6) is 5.75 Å². The van der Waals surface area contributed by atoms with Gasteiger partial charge >= 0.3 is 0 Å². The lowest BCUT2D eigenvalue weighted by atomic mass is 10.0. The van der Waals surface area contributed by atoms with Crippen LogP contribution < -0.4 is 10.7 Å². The Balaban J connectivity index is 1.99. The SMILES string of the molecule is CC(C)C(NC(=O)c1ccc(F)cc1)C(=O)NN=Cc1ccc(O)cc1. The Bertz CT molecular complexity index is 787. The summed E-state index contributed by atoms with van der Waals surface area (Å²) in [4.78, 5) is 24.5. The standard InChI is InChI=1S/C19H20FN3O3/c1-12(2)17(22-18(25)14-5-7-15(20)8-6-14)19(26)23-21-11-13-3-9-16(24)10-4-13/h3-12,17,24H,1-2H3,(H,22,25)(H,23,26). The number of phenolic OH excluding ortho intramolecular Hbond substituents is 1. The molecule has 0 aliphatic carbocycles. The zero-order valence-electron chi connectivity index (χ0n) is 14.4. The van der Waals surface area contributed by atoms with Crippen molar-refractivity contribution < 1.29 is 19.1 Å². The van der Waals surface area contributed by atoms with Crippen molar-refractivity contribution in [2.75, 3.05) is 0 Å². The van der Waals surface area contributed by atoms with E-state index < -0.39 is 23.7 Å². The molecule has 0 aromatic heterocycles. The molecule has 3 N–H and O–H groups in total. The third kappa shape index (κ3) is 5.41. The number of carbonyl (C=O) groups excluding carboxylic acids is 2. The number of halogens is 1. The molecule has 0 heterocycles. The number of nitrogens with one attached hydrogen (secondary N) is 2. The zero-order valence-corrected chi connectivity index (χ0v) is 14.4. The predicted octanol–water partition coefficient (Wildman–Crippen LogP) is 2.44. The lowest BCUT2D eigenvalue weighted by Gasteiger charge is -2.20. The minimum absolute atomic E-state index is 0.134. The Morgan fingerprint density at radius 1 is 1.08 bits per heavy atom. The Kier molecular flexibility index (Phi) is 6.43. The van der Waals surface area contributed by atoms with Crippen LogP contribution in [0.4, 0.5) is 4.39 Å². The highest BCUT2D eigenvalue weighted by Crippen LogP contribution is 2.08. The molecule has 2 rings (SSSR count). The van der Waals surface area contributed by atoms with Gasteiger partial charge in [-0.3, -0.25) is 9.59 Å². The molecule has 0 aliphatic heterocycles. The van der Waals surface area contributed by atoms with Crippen molar-refractivity contribution >= 4 is 18.0 Å². The van der Waals surface area contributed by atoms with Crippen molar-refractivity contribution in [2.24, 2.45) is 11.0 Å². The van der Waals surface area contributed by atoms with Crippen LogP contribution in [-0.4, -0.2) is 29.2 Å². The number of phenols is 1. The van der Waals surface area contributed by atoms with Gasteiger partial charge in [0.25, 0.3) is 11.8 Å². The minimum atomic E-state index is -0.801. The van der Waals surface area contributed by atoms with E-state index in [-0.39, 0.29) is 17.2 Å². The summed E-state index contributed by atoms with van der Waals surface area (Å²) in [6.07, 6.45) is 1.43. The number of hydrazone groups is 1. The van der Waals surface area contributed by atoms with Crippen LogP contribution >= 0.6 is 0 Å². The van der Waals surface area contributed by atoms with E-state index in [0.717, 1.165) is 0 Å². The molecule has 0 aliphatic rings. The average Bonchev–Trinajstić information content (AvgIpc) is 2.61. The van der Waals surface area contributed by atoms with Crippen LogP contribution in [0.3, 0.4) is 0 Å². The first-order valence-electron chi connectivity index (χ1n) is 8.05. The fourth-order valence-electron chi connectivity index (χ4n) is 2.16. The molecule has 0 fully saturated rings. The van der Waals surface area contributed by atoms with Gasteiger partial charge in [0.05, 0.1) is 6.21 Å². The molecule has 0 saturated carbocycles. The maximum atomic E-state index is 12.9. The monoisotopic (exact) mass is 357 g/mol. The Morgan fingerprint density at radius 2 is 1.69 bits per heavy atom. The highest BCUT2D eigenvalue weighted by Gasteiger charge is 2.24. The first kappa shape index (κ1) is 19.1. The number of hydrogen-bond donors (Lipinski definition) is 3. The van der Waals surface area contributed by atoms with Gasteiger partial charge in [-0.15, -0.1) is 0 Å². The maximum absolute atomic E-state index is 12.9. The number of benzene rings is 2. The smallest absolute Gasteiger partial charge is 0.262 e. The van der Waals surface area contributed by atoms with Gasteiger partial charge in [0, 0.05) is 5.56 Å². The van der Waals surface area contributed by atoms with Crippen molar-refractivity contribution in [3.05, 3.63) is 65.5 Å². The van der Waals surface area contributed by atoms with Crippen LogP contribution in [-0.2, 0) is 4.79 Å². The average molecular weight is 357 g/mol. The molecule has 1 atom stereocenters. The fraction of sp³-hybridized carbons (Fsp3) is 0.211. The van der Waals surface area contributed by atoms with Crippen molar-refractivity contribution in [1.29, 1.82) is 0 Å². The summed E-state index contributed by atoms with van der Waals surface area (Å²) in [5.41, 5.74) is 3.34. The lowest BCUT2D eigenvalue weighted by molar-refractivity contribution is -0.123. The van der Waals surface area contributed by atoms with Crippen LogP contribution in [0, 0.1) is 11.7 Å². The summed E-state index contributed by atoms with van der Waals surface area (Å²) < 4.78 is 12.9. The van der Waals surface area contributed by atoms with E-state index in [0.29, 0.717) is 5.56 Å².